The number of benzene rings is 1. The number of nitrogens with zero attached hydrogens (tertiary/aromatic N) is 3. The fraction of sp³-hybridized carbons (Fsp3) is 0.154. The molecule has 4 nitrogen and oxygen atoms in total. The maximum Gasteiger partial charge on any atom is 0.243 e. The Morgan fingerprint density at radius 3 is 2.63 bits per heavy atom. The number of hydrogen-bond donors (Lipinski definition) is 1. The predicted molar refractivity (Wildman–Crippen MR) is 78.7 cm³/mol. The molecule has 0 radical (unpaired) electrons. The van der Waals surface area contributed by atoms with E-state index in [0.717, 1.165) is 20.2 Å². The first-order valence-electron chi connectivity index (χ1n) is 5.83. The number of nitrogens with one attached hydrogen (secondary N) is 1. The van der Waals surface area contributed by atoms with Gasteiger partial charge in [-0.25, -0.2) is 4.98 Å². The van der Waals surface area contributed by atoms with Gasteiger partial charge >= 0.3 is 0 Å². The second-order valence-corrected chi connectivity index (χ2v) is 5.88. The Morgan fingerprint density at radius 1 is 1.11 bits per heavy atom. The van der Waals surface area contributed by atoms with Gasteiger partial charge in [0.25, 0.3) is 0 Å². The summed E-state index contributed by atoms with van der Waals surface area (Å²) in [6.45, 7) is 2.04. The second kappa shape index (κ2) is 5.11. The van der Waals surface area contributed by atoms with Crippen molar-refractivity contribution in [2.75, 3.05) is 5.32 Å². The van der Waals surface area contributed by atoms with Crippen LogP contribution in [0.1, 0.15) is 17.8 Å². The van der Waals surface area contributed by atoms with Crippen LogP contribution in [0.2, 0.25) is 4.34 Å². The smallest absolute Gasteiger partial charge is 0.243 e. The van der Waals surface area contributed by atoms with Crippen LogP contribution in [0.15, 0.2) is 36.4 Å². The molecule has 0 aliphatic carbocycles. The third-order valence-corrected chi connectivity index (χ3v) is 4.14. The lowest BCUT2D eigenvalue weighted by Crippen LogP contribution is -2.08. The number of anilines is 1. The van der Waals surface area contributed by atoms with E-state index in [2.05, 4.69) is 20.5 Å². The summed E-state index contributed by atoms with van der Waals surface area (Å²) in [5, 5.41) is 11.4. The van der Waals surface area contributed by atoms with Gasteiger partial charge in [0, 0.05) is 4.88 Å². The molecule has 1 aromatic carbocycles. The molecule has 0 fully saturated rings. The van der Waals surface area contributed by atoms with Gasteiger partial charge in [-0.3, -0.25) is 0 Å². The second-order valence-electron chi connectivity index (χ2n) is 4.13. The summed E-state index contributed by atoms with van der Waals surface area (Å²) >= 11 is 7.48. The van der Waals surface area contributed by atoms with Crippen LogP contribution < -0.4 is 5.32 Å². The highest BCUT2D eigenvalue weighted by Gasteiger charge is 2.10. The molecule has 0 saturated carbocycles. The summed E-state index contributed by atoms with van der Waals surface area (Å²) in [5.74, 6) is 0.524. The number of hydrogen-bond acceptors (Lipinski definition) is 5. The molecule has 19 heavy (non-hydrogen) atoms. The number of para-hydroxylation sites is 1. The largest absolute Gasteiger partial charge is 0.346 e. The van der Waals surface area contributed by atoms with Gasteiger partial charge in [-0.05, 0) is 31.2 Å². The third-order valence-electron chi connectivity index (χ3n) is 2.73. The van der Waals surface area contributed by atoms with Crippen molar-refractivity contribution in [3.8, 4) is 0 Å². The van der Waals surface area contributed by atoms with Gasteiger partial charge in [-0.2, -0.15) is 0 Å². The van der Waals surface area contributed by atoms with E-state index >= 15 is 0 Å². The molecule has 2 aromatic heterocycles. The van der Waals surface area contributed by atoms with E-state index in [1.165, 1.54) is 0 Å². The molecule has 3 rings (SSSR count). The molecular weight excluding hydrogens is 280 g/mol. The van der Waals surface area contributed by atoms with Crippen LogP contribution >= 0.6 is 22.9 Å². The van der Waals surface area contributed by atoms with Crippen molar-refractivity contribution in [3.63, 3.8) is 0 Å². The van der Waals surface area contributed by atoms with E-state index in [0.29, 0.717) is 5.95 Å². The molecule has 0 spiro atoms. The molecule has 1 atom stereocenters. The van der Waals surface area contributed by atoms with Gasteiger partial charge in [0.2, 0.25) is 5.95 Å². The standard InChI is InChI=1S/C13H11ClN4S/c1-8(11-6-7-12(14)19-11)15-13-16-9-4-2-3-5-10(9)17-18-13/h2-8H,1H3,(H,15,16,18). The molecule has 3 aromatic rings. The lowest BCUT2D eigenvalue weighted by molar-refractivity contribution is 0.866. The summed E-state index contributed by atoms with van der Waals surface area (Å²) in [6, 6.07) is 11.6. The van der Waals surface area contributed by atoms with Crippen LogP contribution in [0, 0.1) is 0 Å². The van der Waals surface area contributed by atoms with Gasteiger partial charge < -0.3 is 5.32 Å². The maximum absolute atomic E-state index is 5.93. The molecule has 96 valence electrons. The molecule has 0 saturated heterocycles. The summed E-state index contributed by atoms with van der Waals surface area (Å²) in [4.78, 5) is 5.57. The van der Waals surface area contributed by atoms with Crippen molar-refractivity contribution < 1.29 is 0 Å². The van der Waals surface area contributed by atoms with E-state index in [-0.39, 0.29) is 6.04 Å². The molecule has 0 bridgehead atoms. The van der Waals surface area contributed by atoms with Crippen LogP contribution in [0.3, 0.4) is 0 Å². The average Bonchev–Trinajstić information content (AvgIpc) is 2.85. The van der Waals surface area contributed by atoms with Crippen LogP contribution in [0.25, 0.3) is 11.0 Å². The van der Waals surface area contributed by atoms with Crippen LogP contribution in [-0.2, 0) is 0 Å². The van der Waals surface area contributed by atoms with Crippen molar-refractivity contribution in [2.45, 2.75) is 13.0 Å². The Bertz CT molecular complexity index is 712. The normalized spacial score (nSPS) is 12.5. The summed E-state index contributed by atoms with van der Waals surface area (Å²) < 4.78 is 0.779. The number of aromatic nitrogens is 3. The minimum atomic E-state index is 0.0977. The first-order valence-corrected chi connectivity index (χ1v) is 7.03. The Kier molecular flexibility index (Phi) is 3.31. The number of rotatable bonds is 3. The highest BCUT2D eigenvalue weighted by Crippen LogP contribution is 2.28. The van der Waals surface area contributed by atoms with Gasteiger partial charge in [0.1, 0.15) is 5.52 Å². The molecule has 1 unspecified atom stereocenters. The first-order chi connectivity index (χ1) is 9.22. The van der Waals surface area contributed by atoms with Crippen molar-refractivity contribution >= 4 is 39.9 Å². The molecule has 0 aliphatic rings. The lowest BCUT2D eigenvalue weighted by Gasteiger charge is -2.11. The first kappa shape index (κ1) is 12.3. The molecule has 0 aliphatic heterocycles. The van der Waals surface area contributed by atoms with E-state index in [4.69, 9.17) is 11.6 Å². The van der Waals surface area contributed by atoms with Crippen LogP contribution in [-0.4, -0.2) is 15.2 Å². The van der Waals surface area contributed by atoms with Crippen molar-refractivity contribution in [1.82, 2.24) is 15.2 Å². The summed E-state index contributed by atoms with van der Waals surface area (Å²) in [6.07, 6.45) is 0. The van der Waals surface area contributed by atoms with Crippen LogP contribution in [0.4, 0.5) is 5.95 Å². The van der Waals surface area contributed by atoms with Crippen molar-refractivity contribution in [1.29, 1.82) is 0 Å². The Hall–Kier alpha value is -1.72. The van der Waals surface area contributed by atoms with E-state index in [1.807, 2.05) is 43.3 Å². The lowest BCUT2D eigenvalue weighted by atomic mass is 10.3. The zero-order chi connectivity index (χ0) is 13.2. The van der Waals surface area contributed by atoms with Crippen molar-refractivity contribution in [2.24, 2.45) is 0 Å². The Labute approximate surface area is 119 Å². The Morgan fingerprint density at radius 2 is 1.89 bits per heavy atom. The topological polar surface area (TPSA) is 50.7 Å². The van der Waals surface area contributed by atoms with E-state index in [1.54, 1.807) is 11.3 Å². The minimum absolute atomic E-state index is 0.0977. The highest BCUT2D eigenvalue weighted by molar-refractivity contribution is 7.16. The zero-order valence-electron chi connectivity index (χ0n) is 10.2. The van der Waals surface area contributed by atoms with Gasteiger partial charge in [-0.15, -0.1) is 21.5 Å². The fourth-order valence-corrected chi connectivity index (χ4v) is 2.83. The van der Waals surface area contributed by atoms with Crippen LogP contribution in [0.5, 0.6) is 0 Å². The van der Waals surface area contributed by atoms with Crippen molar-refractivity contribution in [3.05, 3.63) is 45.6 Å². The third kappa shape index (κ3) is 2.67. The summed E-state index contributed by atoms with van der Waals surface area (Å²) in [5.41, 5.74) is 1.62. The highest BCUT2D eigenvalue weighted by atomic mass is 35.5. The molecular formula is C13H11ClN4S. The van der Waals surface area contributed by atoms with Gasteiger partial charge in [0.15, 0.2) is 0 Å². The number of thiophene rings is 1. The molecule has 0 amide bonds. The minimum Gasteiger partial charge on any atom is -0.346 e. The Balaban J connectivity index is 1.84. The monoisotopic (exact) mass is 290 g/mol. The fourth-order valence-electron chi connectivity index (χ4n) is 1.77. The molecule has 2 heterocycles. The number of halogens is 1. The quantitative estimate of drug-likeness (QED) is 0.794. The van der Waals surface area contributed by atoms with Gasteiger partial charge in [0.05, 0.1) is 15.9 Å². The maximum atomic E-state index is 5.93. The van der Waals surface area contributed by atoms with E-state index < -0.39 is 0 Å². The summed E-state index contributed by atoms with van der Waals surface area (Å²) in [7, 11) is 0. The zero-order valence-corrected chi connectivity index (χ0v) is 11.7. The van der Waals surface area contributed by atoms with E-state index in [9.17, 15) is 0 Å². The predicted octanol–water partition coefficient (Wildman–Crippen LogP) is 3.91. The average molecular weight is 291 g/mol. The SMILES string of the molecule is CC(Nc1nnc2ccccc2n1)c1ccc(Cl)s1. The number of fused-ring (bicyclic) bond motifs is 1. The molecule has 1 N–H and O–H groups in total. The van der Waals surface area contributed by atoms with Gasteiger partial charge in [-0.1, -0.05) is 23.7 Å². The molecule has 6 heteroatoms.